The number of hydrogen-bond acceptors (Lipinski definition) is 3. The first-order chi connectivity index (χ1) is 8.47. The number of carbonyl (C=O) groups is 2. The topological polar surface area (TPSA) is 55.4 Å². The minimum Gasteiger partial charge on any atom is -0.468 e. The molecule has 18 heavy (non-hydrogen) atoms. The van der Waals surface area contributed by atoms with Gasteiger partial charge in [-0.05, 0) is 12.1 Å². The first-order valence-electron chi connectivity index (χ1n) is 4.91. The molecule has 1 aromatic carbocycles. The van der Waals surface area contributed by atoms with Crippen molar-refractivity contribution in [3.63, 3.8) is 0 Å². The first-order valence-corrected chi connectivity index (χ1v) is 6.20. The van der Waals surface area contributed by atoms with Crippen LogP contribution in [0.5, 0.6) is 0 Å². The lowest BCUT2D eigenvalue weighted by atomic mass is 10.2. The molecule has 0 heterocycles. The maximum atomic E-state index is 13.4. The fraction of sp³-hybridized carbons (Fsp3) is 0.273. The number of nitrogens with one attached hydrogen (secondary N) is 1. The van der Waals surface area contributed by atoms with E-state index in [1.807, 2.05) is 0 Å². The van der Waals surface area contributed by atoms with E-state index in [1.165, 1.54) is 19.2 Å². The number of amides is 1. The van der Waals surface area contributed by atoms with Crippen molar-refractivity contribution in [1.82, 2.24) is 5.32 Å². The molecule has 0 aliphatic carbocycles. The summed E-state index contributed by atoms with van der Waals surface area (Å²) in [6, 6.07) is 3.94. The maximum Gasteiger partial charge on any atom is 0.321 e. The maximum absolute atomic E-state index is 13.4. The SMILES string of the molecule is COC(=O)C(Br)CNC(=O)c1c(F)cccc1Cl. The third-order valence-electron chi connectivity index (χ3n) is 2.09. The summed E-state index contributed by atoms with van der Waals surface area (Å²) in [6.07, 6.45) is 0. The smallest absolute Gasteiger partial charge is 0.321 e. The van der Waals surface area contributed by atoms with Crippen molar-refractivity contribution in [2.45, 2.75) is 4.83 Å². The molecule has 7 heteroatoms. The van der Waals surface area contributed by atoms with Crippen LogP contribution in [0.2, 0.25) is 5.02 Å². The summed E-state index contributed by atoms with van der Waals surface area (Å²) < 4.78 is 17.9. The monoisotopic (exact) mass is 337 g/mol. The molecule has 4 nitrogen and oxygen atoms in total. The second-order valence-corrected chi connectivity index (χ2v) is 4.81. The Bertz CT molecular complexity index is 449. The zero-order valence-electron chi connectivity index (χ0n) is 9.38. The normalized spacial score (nSPS) is 11.8. The molecule has 1 atom stereocenters. The van der Waals surface area contributed by atoms with Crippen LogP contribution in [0.3, 0.4) is 0 Å². The molecule has 0 aliphatic rings. The summed E-state index contributed by atoms with van der Waals surface area (Å²) in [7, 11) is 1.23. The van der Waals surface area contributed by atoms with E-state index >= 15 is 0 Å². The number of ether oxygens (including phenoxy) is 1. The second kappa shape index (κ2) is 6.70. The van der Waals surface area contributed by atoms with Gasteiger partial charge in [-0.25, -0.2) is 4.39 Å². The average Bonchev–Trinajstić information content (AvgIpc) is 2.34. The van der Waals surface area contributed by atoms with Crippen LogP contribution in [-0.2, 0) is 9.53 Å². The Labute approximate surface area is 117 Å². The van der Waals surface area contributed by atoms with E-state index in [2.05, 4.69) is 26.0 Å². The van der Waals surface area contributed by atoms with Gasteiger partial charge in [0.2, 0.25) is 0 Å². The molecule has 1 N–H and O–H groups in total. The highest BCUT2D eigenvalue weighted by atomic mass is 79.9. The Morgan fingerprint density at radius 2 is 2.22 bits per heavy atom. The Morgan fingerprint density at radius 1 is 1.56 bits per heavy atom. The number of rotatable bonds is 4. The van der Waals surface area contributed by atoms with Crippen LogP contribution in [-0.4, -0.2) is 30.4 Å². The van der Waals surface area contributed by atoms with Crippen molar-refractivity contribution in [2.75, 3.05) is 13.7 Å². The Hall–Kier alpha value is -1.14. The molecule has 0 spiro atoms. The summed E-state index contributed by atoms with van der Waals surface area (Å²) in [5.41, 5.74) is -0.247. The zero-order valence-corrected chi connectivity index (χ0v) is 11.7. The number of alkyl halides is 1. The fourth-order valence-electron chi connectivity index (χ4n) is 1.20. The molecule has 1 amide bonds. The van der Waals surface area contributed by atoms with Crippen LogP contribution in [0.15, 0.2) is 18.2 Å². The molecule has 1 unspecified atom stereocenters. The molecule has 98 valence electrons. The van der Waals surface area contributed by atoms with Gasteiger partial charge in [-0.1, -0.05) is 33.6 Å². The molecule has 1 rings (SSSR count). The van der Waals surface area contributed by atoms with Crippen molar-refractivity contribution in [2.24, 2.45) is 0 Å². The van der Waals surface area contributed by atoms with E-state index in [1.54, 1.807) is 0 Å². The molecule has 0 aliphatic heterocycles. The van der Waals surface area contributed by atoms with Crippen LogP contribution in [0.4, 0.5) is 4.39 Å². The highest BCUT2D eigenvalue weighted by molar-refractivity contribution is 9.10. The molecule has 0 aromatic heterocycles. The third-order valence-corrected chi connectivity index (χ3v) is 3.10. The Balaban J connectivity index is 2.69. The fourth-order valence-corrected chi connectivity index (χ4v) is 1.79. The van der Waals surface area contributed by atoms with E-state index in [-0.39, 0.29) is 17.1 Å². The summed E-state index contributed by atoms with van der Waals surface area (Å²) in [4.78, 5) is 22.1. The van der Waals surface area contributed by atoms with E-state index in [0.29, 0.717) is 0 Å². The highest BCUT2D eigenvalue weighted by Crippen LogP contribution is 2.18. The molecule has 0 saturated carbocycles. The van der Waals surface area contributed by atoms with Gasteiger partial charge in [0.25, 0.3) is 5.91 Å². The zero-order chi connectivity index (χ0) is 13.7. The average molecular weight is 339 g/mol. The van der Waals surface area contributed by atoms with Gasteiger partial charge in [-0.3, -0.25) is 9.59 Å². The lowest BCUT2D eigenvalue weighted by molar-refractivity contribution is -0.139. The van der Waals surface area contributed by atoms with Gasteiger partial charge in [0.15, 0.2) is 0 Å². The van der Waals surface area contributed by atoms with Gasteiger partial charge in [0, 0.05) is 6.54 Å². The Morgan fingerprint density at radius 3 is 2.78 bits per heavy atom. The van der Waals surface area contributed by atoms with Gasteiger partial charge < -0.3 is 10.1 Å². The summed E-state index contributed by atoms with van der Waals surface area (Å²) in [5, 5.41) is 2.40. The minimum atomic E-state index is -0.718. The van der Waals surface area contributed by atoms with Crippen LogP contribution in [0.1, 0.15) is 10.4 Å². The number of halogens is 3. The molecule has 1 aromatic rings. The summed E-state index contributed by atoms with van der Waals surface area (Å²) in [6.45, 7) is -0.0316. The first kappa shape index (κ1) is 14.9. The molecular formula is C11H10BrClFNO3. The van der Waals surface area contributed by atoms with Gasteiger partial charge in [0.05, 0.1) is 17.7 Å². The molecule has 0 saturated heterocycles. The molecular weight excluding hydrogens is 328 g/mol. The van der Waals surface area contributed by atoms with Crippen molar-refractivity contribution in [1.29, 1.82) is 0 Å². The van der Waals surface area contributed by atoms with Crippen LogP contribution >= 0.6 is 27.5 Å². The van der Waals surface area contributed by atoms with E-state index in [4.69, 9.17) is 11.6 Å². The molecule has 0 fully saturated rings. The molecule has 0 radical (unpaired) electrons. The van der Waals surface area contributed by atoms with Gasteiger partial charge in [-0.15, -0.1) is 0 Å². The number of carbonyl (C=O) groups excluding carboxylic acids is 2. The quantitative estimate of drug-likeness (QED) is 0.676. The van der Waals surface area contributed by atoms with Gasteiger partial charge >= 0.3 is 5.97 Å². The van der Waals surface area contributed by atoms with Crippen molar-refractivity contribution in [3.8, 4) is 0 Å². The molecule has 0 bridgehead atoms. The second-order valence-electron chi connectivity index (χ2n) is 3.30. The van der Waals surface area contributed by atoms with Gasteiger partial charge in [0.1, 0.15) is 10.6 Å². The van der Waals surface area contributed by atoms with E-state index in [9.17, 15) is 14.0 Å². The Kier molecular flexibility index (Phi) is 5.55. The number of benzene rings is 1. The number of hydrogen-bond donors (Lipinski definition) is 1. The highest BCUT2D eigenvalue weighted by Gasteiger charge is 2.19. The third kappa shape index (κ3) is 3.68. The van der Waals surface area contributed by atoms with E-state index < -0.39 is 22.5 Å². The van der Waals surface area contributed by atoms with Crippen LogP contribution in [0.25, 0.3) is 0 Å². The standard InChI is InChI=1S/C11H10BrClFNO3/c1-18-11(17)6(12)5-15-10(16)9-7(13)3-2-4-8(9)14/h2-4,6H,5H2,1H3,(H,15,16). The lowest BCUT2D eigenvalue weighted by Gasteiger charge is -2.10. The summed E-state index contributed by atoms with van der Waals surface area (Å²) >= 11 is 8.75. The number of esters is 1. The number of methoxy groups -OCH3 is 1. The minimum absolute atomic E-state index is 0.0108. The van der Waals surface area contributed by atoms with Crippen LogP contribution in [0, 0.1) is 5.82 Å². The van der Waals surface area contributed by atoms with Crippen molar-refractivity contribution >= 4 is 39.4 Å². The van der Waals surface area contributed by atoms with E-state index in [0.717, 1.165) is 6.07 Å². The predicted molar refractivity (Wildman–Crippen MR) is 68.5 cm³/mol. The predicted octanol–water partition coefficient (Wildman–Crippen LogP) is 2.15. The van der Waals surface area contributed by atoms with Gasteiger partial charge in [-0.2, -0.15) is 0 Å². The largest absolute Gasteiger partial charge is 0.468 e. The van der Waals surface area contributed by atoms with Crippen molar-refractivity contribution in [3.05, 3.63) is 34.6 Å². The van der Waals surface area contributed by atoms with Crippen LogP contribution < -0.4 is 5.32 Å². The summed E-state index contributed by atoms with van der Waals surface area (Å²) in [5.74, 6) is -1.94. The lowest BCUT2D eigenvalue weighted by Crippen LogP contribution is -2.34. The van der Waals surface area contributed by atoms with Crippen molar-refractivity contribution < 1.29 is 18.7 Å².